The molecule has 0 saturated carbocycles. The maximum Gasteiger partial charge on any atom is 0.317 e. The van der Waals surface area contributed by atoms with E-state index in [1.165, 1.54) is 0 Å². The average Bonchev–Trinajstić information content (AvgIpc) is 2.60. The van der Waals surface area contributed by atoms with Gasteiger partial charge in [0.1, 0.15) is 5.75 Å². The molecular formula is C17H23N3O3. The van der Waals surface area contributed by atoms with Crippen LogP contribution in [0, 0.1) is 0 Å². The van der Waals surface area contributed by atoms with Crippen LogP contribution in [0.25, 0.3) is 6.08 Å². The van der Waals surface area contributed by atoms with Gasteiger partial charge in [-0.1, -0.05) is 12.1 Å². The Labute approximate surface area is 136 Å². The number of nitrogens with one attached hydrogen (secondary N) is 1. The molecule has 23 heavy (non-hydrogen) atoms. The summed E-state index contributed by atoms with van der Waals surface area (Å²) in [7, 11) is 1.61. The van der Waals surface area contributed by atoms with E-state index in [2.05, 4.69) is 5.32 Å². The van der Waals surface area contributed by atoms with Gasteiger partial charge in [0, 0.05) is 38.8 Å². The first-order chi connectivity index (χ1) is 11.1. The van der Waals surface area contributed by atoms with E-state index in [9.17, 15) is 9.59 Å². The number of carbonyl (C=O) groups excluding carboxylic acids is 2. The number of nitrogens with zero attached hydrogens (tertiary/aromatic N) is 2. The lowest BCUT2D eigenvalue weighted by Gasteiger charge is -2.34. The van der Waals surface area contributed by atoms with E-state index in [0.717, 1.165) is 11.3 Å². The Kier molecular flexibility index (Phi) is 6.02. The van der Waals surface area contributed by atoms with Crippen LogP contribution >= 0.6 is 0 Å². The normalized spacial score (nSPS) is 14.9. The first-order valence-electron chi connectivity index (χ1n) is 7.78. The zero-order chi connectivity index (χ0) is 16.7. The lowest BCUT2D eigenvalue weighted by Crippen LogP contribution is -2.52. The summed E-state index contributed by atoms with van der Waals surface area (Å²) in [4.78, 5) is 27.4. The van der Waals surface area contributed by atoms with E-state index >= 15 is 0 Å². The van der Waals surface area contributed by atoms with Crippen LogP contribution < -0.4 is 10.1 Å². The van der Waals surface area contributed by atoms with Gasteiger partial charge < -0.3 is 19.9 Å². The number of carbonyl (C=O) groups is 2. The van der Waals surface area contributed by atoms with Crippen LogP contribution in [-0.2, 0) is 4.79 Å². The fraction of sp³-hybridized carbons (Fsp3) is 0.412. The molecule has 0 atom stereocenters. The number of urea groups is 1. The number of ether oxygens (including phenoxy) is 1. The van der Waals surface area contributed by atoms with Crippen molar-refractivity contribution >= 4 is 18.0 Å². The third-order valence-electron chi connectivity index (χ3n) is 3.72. The molecular weight excluding hydrogens is 294 g/mol. The average molecular weight is 317 g/mol. The van der Waals surface area contributed by atoms with Gasteiger partial charge in [0.2, 0.25) is 5.91 Å². The zero-order valence-corrected chi connectivity index (χ0v) is 13.6. The third kappa shape index (κ3) is 4.74. The SMILES string of the molecule is CCNC(=O)N1CCN(C(=O)/C=C/c2cccc(OC)c2)CC1. The van der Waals surface area contributed by atoms with Gasteiger partial charge in [0.15, 0.2) is 0 Å². The first kappa shape index (κ1) is 16.9. The van der Waals surface area contributed by atoms with Crippen LogP contribution in [-0.4, -0.2) is 61.6 Å². The Morgan fingerprint density at radius 1 is 1.22 bits per heavy atom. The van der Waals surface area contributed by atoms with E-state index in [1.54, 1.807) is 29.1 Å². The highest BCUT2D eigenvalue weighted by atomic mass is 16.5. The summed E-state index contributed by atoms with van der Waals surface area (Å²) in [6.07, 6.45) is 3.34. The summed E-state index contributed by atoms with van der Waals surface area (Å²) in [5.41, 5.74) is 0.915. The van der Waals surface area contributed by atoms with Crippen LogP contribution in [0.15, 0.2) is 30.3 Å². The molecule has 0 aliphatic carbocycles. The van der Waals surface area contributed by atoms with Crippen molar-refractivity contribution in [3.05, 3.63) is 35.9 Å². The molecule has 0 spiro atoms. The van der Waals surface area contributed by atoms with Gasteiger partial charge in [0.05, 0.1) is 7.11 Å². The largest absolute Gasteiger partial charge is 0.497 e. The number of hydrogen-bond donors (Lipinski definition) is 1. The molecule has 6 nitrogen and oxygen atoms in total. The molecule has 1 heterocycles. The number of methoxy groups -OCH3 is 1. The van der Waals surface area contributed by atoms with E-state index in [-0.39, 0.29) is 11.9 Å². The Morgan fingerprint density at radius 3 is 2.57 bits per heavy atom. The standard InChI is InChI=1S/C17H23N3O3/c1-3-18-17(22)20-11-9-19(10-12-20)16(21)8-7-14-5-4-6-15(13-14)23-2/h4-8,13H,3,9-12H2,1-2H3,(H,18,22)/b8-7+. The second-order valence-electron chi connectivity index (χ2n) is 5.26. The maximum absolute atomic E-state index is 12.2. The summed E-state index contributed by atoms with van der Waals surface area (Å²) >= 11 is 0. The highest BCUT2D eigenvalue weighted by Gasteiger charge is 2.22. The van der Waals surface area contributed by atoms with Gasteiger partial charge in [-0.3, -0.25) is 4.79 Å². The van der Waals surface area contributed by atoms with E-state index in [4.69, 9.17) is 4.74 Å². The van der Waals surface area contributed by atoms with Gasteiger partial charge in [-0.15, -0.1) is 0 Å². The van der Waals surface area contributed by atoms with E-state index in [0.29, 0.717) is 32.7 Å². The Balaban J connectivity index is 1.87. The smallest absolute Gasteiger partial charge is 0.317 e. The number of benzene rings is 1. The van der Waals surface area contributed by atoms with Crippen LogP contribution in [0.3, 0.4) is 0 Å². The molecule has 1 aliphatic heterocycles. The van der Waals surface area contributed by atoms with Crippen LogP contribution in [0.4, 0.5) is 4.79 Å². The maximum atomic E-state index is 12.2. The van der Waals surface area contributed by atoms with Gasteiger partial charge in [0.25, 0.3) is 0 Å². The number of rotatable bonds is 4. The number of amides is 3. The Morgan fingerprint density at radius 2 is 1.91 bits per heavy atom. The van der Waals surface area contributed by atoms with E-state index < -0.39 is 0 Å². The molecule has 1 aliphatic rings. The van der Waals surface area contributed by atoms with E-state index in [1.807, 2.05) is 31.2 Å². The molecule has 1 fully saturated rings. The monoisotopic (exact) mass is 317 g/mol. The van der Waals surface area contributed by atoms with Crippen molar-refractivity contribution < 1.29 is 14.3 Å². The van der Waals surface area contributed by atoms with Crippen molar-refractivity contribution in [1.29, 1.82) is 0 Å². The predicted octanol–water partition coefficient (Wildman–Crippen LogP) is 1.58. The second kappa shape index (κ2) is 8.22. The Hall–Kier alpha value is -2.50. The van der Waals surface area contributed by atoms with Gasteiger partial charge in [-0.2, -0.15) is 0 Å². The highest BCUT2D eigenvalue weighted by molar-refractivity contribution is 5.92. The topological polar surface area (TPSA) is 61.9 Å². The zero-order valence-electron chi connectivity index (χ0n) is 13.6. The molecule has 1 N–H and O–H groups in total. The molecule has 6 heteroatoms. The molecule has 0 bridgehead atoms. The molecule has 1 aromatic rings. The fourth-order valence-electron chi connectivity index (χ4n) is 2.41. The number of hydrogen-bond acceptors (Lipinski definition) is 3. The molecule has 0 radical (unpaired) electrons. The summed E-state index contributed by atoms with van der Waals surface area (Å²) in [6, 6.07) is 7.47. The Bertz CT molecular complexity index is 578. The van der Waals surface area contributed by atoms with Crippen molar-refractivity contribution in [2.45, 2.75) is 6.92 Å². The van der Waals surface area contributed by atoms with Crippen LogP contribution in [0.2, 0.25) is 0 Å². The summed E-state index contributed by atoms with van der Waals surface area (Å²) in [5, 5.41) is 2.77. The molecule has 0 unspecified atom stereocenters. The van der Waals surface area contributed by atoms with Gasteiger partial charge >= 0.3 is 6.03 Å². The molecule has 0 aromatic heterocycles. The number of piperazine rings is 1. The van der Waals surface area contributed by atoms with Crippen molar-refractivity contribution in [1.82, 2.24) is 15.1 Å². The quantitative estimate of drug-likeness (QED) is 0.858. The van der Waals surface area contributed by atoms with Crippen molar-refractivity contribution in [3.8, 4) is 5.75 Å². The first-order valence-corrected chi connectivity index (χ1v) is 7.78. The lowest BCUT2D eigenvalue weighted by atomic mass is 10.2. The van der Waals surface area contributed by atoms with Crippen molar-refractivity contribution in [2.24, 2.45) is 0 Å². The summed E-state index contributed by atoms with van der Waals surface area (Å²) in [6.45, 7) is 4.73. The van der Waals surface area contributed by atoms with Crippen LogP contribution in [0.1, 0.15) is 12.5 Å². The summed E-state index contributed by atoms with van der Waals surface area (Å²) in [5.74, 6) is 0.721. The molecule has 3 amide bonds. The minimum atomic E-state index is -0.0634. The van der Waals surface area contributed by atoms with Crippen molar-refractivity contribution in [3.63, 3.8) is 0 Å². The molecule has 2 rings (SSSR count). The van der Waals surface area contributed by atoms with Crippen molar-refractivity contribution in [2.75, 3.05) is 39.8 Å². The predicted molar refractivity (Wildman–Crippen MR) is 89.3 cm³/mol. The summed E-state index contributed by atoms with van der Waals surface area (Å²) < 4.78 is 5.16. The highest BCUT2D eigenvalue weighted by Crippen LogP contribution is 2.14. The minimum Gasteiger partial charge on any atom is -0.497 e. The van der Waals surface area contributed by atoms with Gasteiger partial charge in [-0.05, 0) is 30.7 Å². The van der Waals surface area contributed by atoms with Gasteiger partial charge in [-0.25, -0.2) is 4.79 Å². The molecule has 124 valence electrons. The lowest BCUT2D eigenvalue weighted by molar-refractivity contribution is -0.127. The molecule has 1 aromatic carbocycles. The molecule has 1 saturated heterocycles. The third-order valence-corrected chi connectivity index (χ3v) is 3.72. The minimum absolute atomic E-state index is 0.0385. The van der Waals surface area contributed by atoms with Crippen LogP contribution in [0.5, 0.6) is 5.75 Å². The fourth-order valence-corrected chi connectivity index (χ4v) is 2.41. The second-order valence-corrected chi connectivity index (χ2v) is 5.26.